The van der Waals surface area contributed by atoms with E-state index in [1.807, 2.05) is 31.2 Å². The van der Waals surface area contributed by atoms with Gasteiger partial charge in [-0.15, -0.1) is 0 Å². The molecule has 0 aliphatic rings. The van der Waals surface area contributed by atoms with Crippen molar-refractivity contribution in [2.24, 2.45) is 0 Å². The Morgan fingerprint density at radius 2 is 1.81 bits per heavy atom. The maximum Gasteiger partial charge on any atom is 0.241 e. The van der Waals surface area contributed by atoms with Crippen molar-refractivity contribution in [2.45, 2.75) is 18.2 Å². The van der Waals surface area contributed by atoms with Gasteiger partial charge in [-0.2, -0.15) is 0 Å². The number of aryl methyl sites for hydroxylation is 1. The third-order valence-electron chi connectivity index (χ3n) is 3.13. The summed E-state index contributed by atoms with van der Waals surface area (Å²) < 4.78 is 28.6. The molecule has 1 N–H and O–H groups in total. The number of benzene rings is 2. The van der Waals surface area contributed by atoms with Crippen LogP contribution in [0.25, 0.3) is 0 Å². The standard InChI is InChI=1S/C15H15Br2NO2S/c1-11-4-2-3-5-12(11)8-9-18-21(19,20)15-7-6-13(16)10-14(15)17/h2-7,10,18H,8-9H2,1H3. The molecule has 112 valence electrons. The molecule has 3 nitrogen and oxygen atoms in total. The summed E-state index contributed by atoms with van der Waals surface area (Å²) >= 11 is 6.59. The Labute approximate surface area is 142 Å². The van der Waals surface area contributed by atoms with Crippen LogP contribution < -0.4 is 4.72 Å². The molecule has 0 radical (unpaired) electrons. The summed E-state index contributed by atoms with van der Waals surface area (Å²) in [4.78, 5) is 0.246. The lowest BCUT2D eigenvalue weighted by Crippen LogP contribution is -2.26. The molecule has 2 rings (SSSR count). The lowest BCUT2D eigenvalue weighted by Gasteiger charge is -2.10. The molecule has 0 spiro atoms. The van der Waals surface area contributed by atoms with Crippen molar-refractivity contribution < 1.29 is 8.42 Å². The highest BCUT2D eigenvalue weighted by Gasteiger charge is 2.17. The highest BCUT2D eigenvalue weighted by Crippen LogP contribution is 2.25. The van der Waals surface area contributed by atoms with Gasteiger partial charge in [0.25, 0.3) is 0 Å². The molecule has 0 aliphatic heterocycles. The minimum atomic E-state index is -3.51. The molecule has 0 atom stereocenters. The van der Waals surface area contributed by atoms with Crippen molar-refractivity contribution in [1.82, 2.24) is 4.72 Å². The van der Waals surface area contributed by atoms with Crippen molar-refractivity contribution in [3.05, 3.63) is 62.5 Å². The number of sulfonamides is 1. The van der Waals surface area contributed by atoms with E-state index < -0.39 is 10.0 Å². The minimum Gasteiger partial charge on any atom is -0.211 e. The van der Waals surface area contributed by atoms with Crippen LogP contribution in [0.1, 0.15) is 11.1 Å². The van der Waals surface area contributed by atoms with Gasteiger partial charge in [0.2, 0.25) is 10.0 Å². The molecule has 21 heavy (non-hydrogen) atoms. The largest absolute Gasteiger partial charge is 0.241 e. The summed E-state index contributed by atoms with van der Waals surface area (Å²) in [6.45, 7) is 2.39. The number of rotatable bonds is 5. The van der Waals surface area contributed by atoms with Gasteiger partial charge < -0.3 is 0 Å². The first-order valence-corrected chi connectivity index (χ1v) is 9.46. The molecule has 0 aromatic heterocycles. The van der Waals surface area contributed by atoms with Gasteiger partial charge in [0.05, 0.1) is 4.90 Å². The summed E-state index contributed by atoms with van der Waals surface area (Å²) in [7, 11) is -3.51. The third kappa shape index (κ3) is 4.39. The van der Waals surface area contributed by atoms with Gasteiger partial charge in [-0.05, 0) is 58.6 Å². The van der Waals surface area contributed by atoms with Gasteiger partial charge in [0, 0.05) is 15.5 Å². The molecule has 0 heterocycles. The summed E-state index contributed by atoms with van der Waals surface area (Å²) in [5.41, 5.74) is 2.32. The van der Waals surface area contributed by atoms with Crippen LogP contribution in [0.4, 0.5) is 0 Å². The Morgan fingerprint density at radius 1 is 1.10 bits per heavy atom. The fraction of sp³-hybridized carbons (Fsp3) is 0.200. The summed E-state index contributed by atoms with van der Waals surface area (Å²) in [6.07, 6.45) is 0.667. The Hall–Kier alpha value is -0.690. The smallest absolute Gasteiger partial charge is 0.211 e. The van der Waals surface area contributed by atoms with E-state index in [9.17, 15) is 8.42 Å². The van der Waals surface area contributed by atoms with Gasteiger partial charge in [-0.1, -0.05) is 40.2 Å². The molecule has 2 aromatic rings. The second-order valence-electron chi connectivity index (χ2n) is 4.65. The van der Waals surface area contributed by atoms with Gasteiger partial charge >= 0.3 is 0 Å². The van der Waals surface area contributed by atoms with Gasteiger partial charge in [-0.3, -0.25) is 0 Å². The summed E-state index contributed by atoms with van der Waals surface area (Å²) in [5.74, 6) is 0. The molecule has 0 saturated heterocycles. The van der Waals surface area contributed by atoms with E-state index in [-0.39, 0.29) is 4.90 Å². The van der Waals surface area contributed by atoms with Crippen molar-refractivity contribution in [3.8, 4) is 0 Å². The normalized spacial score (nSPS) is 11.6. The first kappa shape index (κ1) is 16.7. The van der Waals surface area contributed by atoms with E-state index in [0.717, 1.165) is 10.0 Å². The third-order valence-corrected chi connectivity index (χ3v) is 6.06. The lowest BCUT2D eigenvalue weighted by molar-refractivity contribution is 0.581. The zero-order chi connectivity index (χ0) is 15.5. The molecule has 0 unspecified atom stereocenters. The van der Waals surface area contributed by atoms with Crippen molar-refractivity contribution >= 4 is 41.9 Å². The van der Waals surface area contributed by atoms with Crippen LogP contribution in [0.15, 0.2) is 56.3 Å². The van der Waals surface area contributed by atoms with Crippen molar-refractivity contribution in [2.75, 3.05) is 6.54 Å². The zero-order valence-electron chi connectivity index (χ0n) is 11.4. The van der Waals surface area contributed by atoms with Crippen LogP contribution in [-0.2, 0) is 16.4 Å². The molecule has 0 saturated carbocycles. The maximum atomic E-state index is 12.3. The quantitative estimate of drug-likeness (QED) is 0.774. The highest BCUT2D eigenvalue weighted by molar-refractivity contribution is 9.11. The van der Waals surface area contributed by atoms with Gasteiger partial charge in [0.1, 0.15) is 0 Å². The van der Waals surface area contributed by atoms with E-state index >= 15 is 0 Å². The SMILES string of the molecule is Cc1ccccc1CCNS(=O)(=O)c1ccc(Br)cc1Br. The van der Waals surface area contributed by atoms with E-state index in [4.69, 9.17) is 0 Å². The minimum absolute atomic E-state index is 0.246. The molecule has 6 heteroatoms. The first-order chi connectivity index (χ1) is 9.90. The lowest BCUT2D eigenvalue weighted by atomic mass is 10.1. The number of halogens is 2. The van der Waals surface area contributed by atoms with Crippen LogP contribution in [0, 0.1) is 6.92 Å². The summed E-state index contributed by atoms with van der Waals surface area (Å²) in [6, 6.07) is 13.0. The highest BCUT2D eigenvalue weighted by atomic mass is 79.9. The van der Waals surface area contributed by atoms with Crippen LogP contribution in [0.3, 0.4) is 0 Å². The van der Waals surface area contributed by atoms with Gasteiger partial charge in [0.15, 0.2) is 0 Å². The van der Waals surface area contributed by atoms with Crippen LogP contribution in [0.5, 0.6) is 0 Å². The summed E-state index contributed by atoms with van der Waals surface area (Å²) in [5, 5.41) is 0. The van der Waals surface area contributed by atoms with Crippen molar-refractivity contribution in [1.29, 1.82) is 0 Å². The topological polar surface area (TPSA) is 46.2 Å². The molecular weight excluding hydrogens is 418 g/mol. The number of hydrogen-bond donors (Lipinski definition) is 1. The molecule has 0 amide bonds. The molecule has 2 aromatic carbocycles. The van der Waals surface area contributed by atoms with Crippen LogP contribution in [-0.4, -0.2) is 15.0 Å². The Morgan fingerprint density at radius 3 is 2.48 bits per heavy atom. The maximum absolute atomic E-state index is 12.3. The van der Waals surface area contributed by atoms with Crippen molar-refractivity contribution in [3.63, 3.8) is 0 Å². The molecule has 0 aliphatic carbocycles. The number of nitrogens with one attached hydrogen (secondary N) is 1. The Kier molecular flexibility index (Phi) is 5.60. The Bertz CT molecular complexity index is 745. The Balaban J connectivity index is 2.07. The predicted molar refractivity (Wildman–Crippen MR) is 91.9 cm³/mol. The zero-order valence-corrected chi connectivity index (χ0v) is 15.4. The predicted octanol–water partition coefficient (Wildman–Crippen LogP) is 4.04. The second kappa shape index (κ2) is 7.05. The van der Waals surface area contributed by atoms with E-state index in [1.54, 1.807) is 18.2 Å². The van der Waals surface area contributed by atoms with Crippen LogP contribution >= 0.6 is 31.9 Å². The molecular formula is C15H15Br2NO2S. The number of hydrogen-bond acceptors (Lipinski definition) is 2. The first-order valence-electron chi connectivity index (χ1n) is 6.39. The van der Waals surface area contributed by atoms with E-state index in [0.29, 0.717) is 17.4 Å². The average molecular weight is 433 g/mol. The average Bonchev–Trinajstić information content (AvgIpc) is 2.40. The van der Waals surface area contributed by atoms with E-state index in [1.165, 1.54) is 5.56 Å². The van der Waals surface area contributed by atoms with Gasteiger partial charge in [-0.25, -0.2) is 13.1 Å². The molecule has 0 fully saturated rings. The monoisotopic (exact) mass is 431 g/mol. The van der Waals surface area contributed by atoms with E-state index in [2.05, 4.69) is 36.6 Å². The fourth-order valence-electron chi connectivity index (χ4n) is 1.98. The molecule has 0 bridgehead atoms. The van der Waals surface area contributed by atoms with Crippen LogP contribution in [0.2, 0.25) is 0 Å². The fourth-order valence-corrected chi connectivity index (χ4v) is 4.76. The second-order valence-corrected chi connectivity index (χ2v) is 8.15.